The normalized spacial score (nSPS) is 24.2. The van der Waals surface area contributed by atoms with E-state index in [0.717, 1.165) is 0 Å². The molecule has 13 heteroatoms. The molecule has 266 valence electrons. The average molecular weight is 717 g/mol. The van der Waals surface area contributed by atoms with Crippen molar-refractivity contribution in [2.75, 3.05) is 19.8 Å². The van der Waals surface area contributed by atoms with Gasteiger partial charge in [-0.2, -0.15) is 0 Å². The van der Waals surface area contributed by atoms with E-state index in [0.29, 0.717) is 0 Å². The monoisotopic (exact) mass is 716 g/mol. The van der Waals surface area contributed by atoms with Crippen molar-refractivity contribution in [1.82, 2.24) is 0 Å². The van der Waals surface area contributed by atoms with Crippen molar-refractivity contribution in [3.63, 3.8) is 0 Å². The van der Waals surface area contributed by atoms with E-state index in [4.69, 9.17) is 37.5 Å². The Morgan fingerprint density at radius 1 is 0.627 bits per heavy atom. The summed E-state index contributed by atoms with van der Waals surface area (Å²) in [5, 5.41) is 0. The minimum atomic E-state index is -4.36. The van der Waals surface area contributed by atoms with Gasteiger partial charge in [-0.25, -0.2) is 14.4 Å². The number of rotatable bonds is 13. The van der Waals surface area contributed by atoms with Gasteiger partial charge in [-0.1, -0.05) is 84.9 Å². The number of carbonyl (C=O) groups excluding carboxylic acids is 3. The molecule has 2 aliphatic rings. The predicted molar refractivity (Wildman–Crippen MR) is 182 cm³/mol. The van der Waals surface area contributed by atoms with Crippen LogP contribution in [0.3, 0.4) is 0 Å². The SMILES string of the molecule is CCOP(=O)(OCC)C1(c2ccccc2)O[C@H]2O[C@H](COC(=O)c3ccccc3)[C@@H](OC(=O)c3ccccc3)[C@H](OC(=O)c3ccccc3)[C@H]2O1. The Labute approximate surface area is 295 Å². The second kappa shape index (κ2) is 16.1. The topological polar surface area (TPSA) is 142 Å². The van der Waals surface area contributed by atoms with Gasteiger partial charge in [0.15, 0.2) is 24.6 Å². The molecular weight excluding hydrogens is 679 g/mol. The van der Waals surface area contributed by atoms with Crippen LogP contribution in [0.2, 0.25) is 0 Å². The highest BCUT2D eigenvalue weighted by Gasteiger charge is 2.68. The summed E-state index contributed by atoms with van der Waals surface area (Å²) in [7, 11) is -4.36. The van der Waals surface area contributed by atoms with Gasteiger partial charge in [0.25, 0.3) is 0 Å². The Morgan fingerprint density at radius 3 is 1.57 bits per heavy atom. The first kappa shape index (κ1) is 36.1. The van der Waals surface area contributed by atoms with E-state index in [9.17, 15) is 18.9 Å². The molecule has 0 aromatic heterocycles. The van der Waals surface area contributed by atoms with Crippen molar-refractivity contribution in [1.29, 1.82) is 0 Å². The summed E-state index contributed by atoms with van der Waals surface area (Å²) < 4.78 is 63.5. The number of hydrogen-bond acceptors (Lipinski definition) is 12. The summed E-state index contributed by atoms with van der Waals surface area (Å²) in [4.78, 5) is 40.4. The Hall–Kier alpha value is -4.68. The van der Waals surface area contributed by atoms with Crippen molar-refractivity contribution >= 4 is 25.5 Å². The first-order valence-electron chi connectivity index (χ1n) is 16.5. The lowest BCUT2D eigenvalue weighted by atomic mass is 9.98. The van der Waals surface area contributed by atoms with E-state index in [2.05, 4.69) is 0 Å². The molecule has 2 saturated heterocycles. The lowest BCUT2D eigenvalue weighted by molar-refractivity contribution is -0.254. The summed E-state index contributed by atoms with van der Waals surface area (Å²) >= 11 is 0. The molecule has 2 aliphatic heterocycles. The van der Waals surface area contributed by atoms with Gasteiger partial charge in [0.05, 0.1) is 29.9 Å². The molecule has 4 aromatic rings. The second-order valence-corrected chi connectivity index (χ2v) is 13.6. The highest BCUT2D eigenvalue weighted by molar-refractivity contribution is 7.54. The minimum absolute atomic E-state index is 0.0312. The van der Waals surface area contributed by atoms with E-state index in [1.165, 1.54) is 0 Å². The van der Waals surface area contributed by atoms with Crippen molar-refractivity contribution in [2.24, 2.45) is 0 Å². The smallest absolute Gasteiger partial charge is 0.394 e. The molecule has 2 heterocycles. The summed E-state index contributed by atoms with van der Waals surface area (Å²) in [6, 6.07) is 33.0. The molecule has 0 N–H and O–H groups in total. The molecule has 0 bridgehead atoms. The fourth-order valence-corrected chi connectivity index (χ4v) is 7.89. The van der Waals surface area contributed by atoms with Gasteiger partial charge in [-0.3, -0.25) is 4.57 Å². The first-order chi connectivity index (χ1) is 24.8. The van der Waals surface area contributed by atoms with E-state index in [1.54, 1.807) is 135 Å². The van der Waals surface area contributed by atoms with Gasteiger partial charge in [0.1, 0.15) is 12.7 Å². The first-order valence-corrected chi connectivity index (χ1v) is 18.0. The maximum absolute atomic E-state index is 14.7. The summed E-state index contributed by atoms with van der Waals surface area (Å²) in [5.41, 5.74) is -1.27. The fraction of sp³-hybridized carbons (Fsp3) is 0.289. The van der Waals surface area contributed by atoms with Crippen LogP contribution in [-0.2, 0) is 47.6 Å². The molecule has 0 radical (unpaired) electrons. The maximum atomic E-state index is 14.7. The average Bonchev–Trinajstić information content (AvgIpc) is 3.58. The van der Waals surface area contributed by atoms with Crippen LogP contribution in [0.15, 0.2) is 121 Å². The molecule has 4 aromatic carbocycles. The third-order valence-electron chi connectivity index (χ3n) is 8.15. The van der Waals surface area contributed by atoms with Gasteiger partial charge in [0.2, 0.25) is 0 Å². The number of hydrogen-bond donors (Lipinski definition) is 0. The molecule has 2 fully saturated rings. The quantitative estimate of drug-likeness (QED) is 0.0846. The number of esters is 3. The van der Waals surface area contributed by atoms with Crippen LogP contribution in [-0.4, -0.2) is 68.4 Å². The molecule has 0 amide bonds. The standard InChI is InChI=1S/C38H37O12P/c1-3-44-51(42,45-4-2)38(29-23-15-8-16-24-29)49-33-32(48-36(41)28-21-13-7-14-22-28)31(47-35(40)27-19-11-6-12-20-27)30(46-37(33)50-38)25-43-34(39)26-17-9-5-10-18-26/h5-24,30-33,37H,3-4,25H2,1-2H3/t30-,31-,32+,33-,37-,38?/m1/s1. The van der Waals surface area contributed by atoms with Crippen molar-refractivity contribution in [3.05, 3.63) is 144 Å². The Kier molecular flexibility index (Phi) is 11.4. The van der Waals surface area contributed by atoms with Gasteiger partial charge in [-0.15, -0.1) is 0 Å². The van der Waals surface area contributed by atoms with Crippen LogP contribution in [0.4, 0.5) is 0 Å². The Bertz CT molecular complexity index is 1820. The number of ether oxygens (including phenoxy) is 6. The highest BCUT2D eigenvalue weighted by atomic mass is 31.2. The van der Waals surface area contributed by atoms with Crippen molar-refractivity contribution < 1.29 is 56.4 Å². The number of benzene rings is 4. The number of carbonyl (C=O) groups is 3. The zero-order chi connectivity index (χ0) is 35.8. The van der Waals surface area contributed by atoms with E-state index >= 15 is 0 Å². The highest BCUT2D eigenvalue weighted by Crippen LogP contribution is 2.69. The second-order valence-electron chi connectivity index (χ2n) is 11.5. The molecule has 12 nitrogen and oxygen atoms in total. The summed E-state index contributed by atoms with van der Waals surface area (Å²) in [6.07, 6.45) is -6.92. The predicted octanol–water partition coefficient (Wildman–Crippen LogP) is 6.51. The molecule has 0 spiro atoms. The molecule has 51 heavy (non-hydrogen) atoms. The zero-order valence-corrected chi connectivity index (χ0v) is 28.8. The Balaban J connectivity index is 1.44. The van der Waals surface area contributed by atoms with Crippen LogP contribution >= 0.6 is 7.60 Å². The van der Waals surface area contributed by atoms with Crippen LogP contribution in [0.1, 0.15) is 50.5 Å². The van der Waals surface area contributed by atoms with Crippen LogP contribution in [0, 0.1) is 0 Å². The molecular formula is C38H37O12P. The third kappa shape index (κ3) is 7.67. The van der Waals surface area contributed by atoms with E-state index < -0.39 is 68.3 Å². The largest absolute Gasteiger partial charge is 0.459 e. The Morgan fingerprint density at radius 2 is 1.08 bits per heavy atom. The van der Waals surface area contributed by atoms with Crippen LogP contribution < -0.4 is 0 Å². The minimum Gasteiger partial charge on any atom is -0.459 e. The summed E-state index contributed by atoms with van der Waals surface area (Å²) in [5.74, 6) is -2.22. The van der Waals surface area contributed by atoms with Crippen molar-refractivity contribution in [3.8, 4) is 0 Å². The lowest BCUT2D eigenvalue weighted by Crippen LogP contribution is -2.60. The molecule has 6 atom stereocenters. The fourth-order valence-electron chi connectivity index (χ4n) is 5.85. The molecule has 1 unspecified atom stereocenters. The molecule has 0 aliphatic carbocycles. The molecule has 0 saturated carbocycles. The maximum Gasteiger partial charge on any atom is 0.394 e. The third-order valence-corrected chi connectivity index (χ3v) is 10.5. The van der Waals surface area contributed by atoms with Gasteiger partial charge in [0, 0.05) is 5.56 Å². The van der Waals surface area contributed by atoms with Gasteiger partial charge < -0.3 is 37.5 Å². The summed E-state index contributed by atoms with van der Waals surface area (Å²) in [6.45, 7) is 2.76. The lowest BCUT2D eigenvalue weighted by Gasteiger charge is -2.41. The van der Waals surface area contributed by atoms with E-state index in [1.807, 2.05) is 0 Å². The van der Waals surface area contributed by atoms with Gasteiger partial charge >= 0.3 is 31.0 Å². The van der Waals surface area contributed by atoms with E-state index in [-0.39, 0.29) is 35.5 Å². The zero-order valence-electron chi connectivity index (χ0n) is 27.9. The molecule has 6 rings (SSSR count). The number of fused-ring (bicyclic) bond motifs is 1. The van der Waals surface area contributed by atoms with Crippen LogP contribution in [0.5, 0.6) is 0 Å². The van der Waals surface area contributed by atoms with Crippen molar-refractivity contribution in [2.45, 2.75) is 50.1 Å². The van der Waals surface area contributed by atoms with Gasteiger partial charge in [-0.05, 0) is 50.2 Å². The van der Waals surface area contributed by atoms with Crippen LogP contribution in [0.25, 0.3) is 0 Å².